The quantitative estimate of drug-likeness (QED) is 0.770. The van der Waals surface area contributed by atoms with Crippen molar-refractivity contribution in [2.75, 3.05) is 11.4 Å². The van der Waals surface area contributed by atoms with Crippen molar-refractivity contribution in [3.8, 4) is 0 Å². The maximum atomic E-state index is 4.66. The largest absolute Gasteiger partial charge is 0.354 e. The van der Waals surface area contributed by atoms with Crippen molar-refractivity contribution in [1.82, 2.24) is 9.97 Å². The number of anilines is 1. The Morgan fingerprint density at radius 2 is 1.88 bits per heavy atom. The lowest BCUT2D eigenvalue weighted by molar-refractivity contribution is 0.652. The summed E-state index contributed by atoms with van der Waals surface area (Å²) in [6.07, 6.45) is 1.12. The second kappa shape index (κ2) is 6.34. The summed E-state index contributed by atoms with van der Waals surface area (Å²) in [6.45, 7) is 11.8. The lowest BCUT2D eigenvalue weighted by atomic mass is 10.2. The predicted octanol–water partition coefficient (Wildman–Crippen LogP) is 3.99. The Kier molecular flexibility index (Phi) is 5.37. The lowest BCUT2D eigenvalue weighted by Gasteiger charge is -2.28. The Labute approximate surface area is 113 Å². The highest BCUT2D eigenvalue weighted by Gasteiger charge is 2.14. The molecular formula is C13H22BrN3. The van der Waals surface area contributed by atoms with Gasteiger partial charge in [0, 0.05) is 24.6 Å². The van der Waals surface area contributed by atoms with Crippen LogP contribution in [-0.2, 0) is 0 Å². The van der Waals surface area contributed by atoms with Crippen LogP contribution in [0.15, 0.2) is 10.7 Å². The van der Waals surface area contributed by atoms with Crippen LogP contribution >= 0.6 is 15.9 Å². The van der Waals surface area contributed by atoms with Gasteiger partial charge in [0.1, 0.15) is 16.2 Å². The summed E-state index contributed by atoms with van der Waals surface area (Å²) in [6, 6.07) is 2.46. The van der Waals surface area contributed by atoms with Gasteiger partial charge in [0.25, 0.3) is 0 Å². The van der Waals surface area contributed by atoms with Crippen LogP contribution in [0.25, 0.3) is 0 Å². The SMILES string of the molecule is CCCN(c1cc(Br)nc(C(C)C)n1)C(C)C. The predicted molar refractivity (Wildman–Crippen MR) is 76.6 cm³/mol. The topological polar surface area (TPSA) is 29.0 Å². The molecule has 1 aromatic rings. The first-order chi connectivity index (χ1) is 7.95. The number of rotatable bonds is 5. The molecule has 0 N–H and O–H groups in total. The molecule has 96 valence electrons. The summed E-state index contributed by atoms with van der Waals surface area (Å²) in [5.74, 6) is 2.27. The summed E-state index contributed by atoms with van der Waals surface area (Å²) in [5.41, 5.74) is 0. The van der Waals surface area contributed by atoms with E-state index < -0.39 is 0 Å². The zero-order chi connectivity index (χ0) is 13.0. The molecule has 4 heteroatoms. The van der Waals surface area contributed by atoms with Crippen molar-refractivity contribution >= 4 is 21.7 Å². The Bertz CT molecular complexity index is 364. The summed E-state index contributed by atoms with van der Waals surface area (Å²) in [4.78, 5) is 11.4. The molecule has 1 heterocycles. The average Bonchev–Trinajstić information content (AvgIpc) is 2.24. The fourth-order valence-corrected chi connectivity index (χ4v) is 2.09. The first-order valence-corrected chi connectivity index (χ1v) is 7.06. The van der Waals surface area contributed by atoms with Crippen LogP contribution in [0.1, 0.15) is 52.8 Å². The molecule has 1 aromatic heterocycles. The van der Waals surface area contributed by atoms with E-state index in [2.05, 4.69) is 65.4 Å². The second-order valence-corrected chi connectivity index (χ2v) is 5.66. The Morgan fingerprint density at radius 1 is 1.24 bits per heavy atom. The zero-order valence-corrected chi connectivity index (χ0v) is 13.0. The molecule has 0 radical (unpaired) electrons. The van der Waals surface area contributed by atoms with Crippen molar-refractivity contribution in [3.63, 3.8) is 0 Å². The zero-order valence-electron chi connectivity index (χ0n) is 11.4. The Morgan fingerprint density at radius 3 is 2.35 bits per heavy atom. The fourth-order valence-electron chi connectivity index (χ4n) is 1.71. The van der Waals surface area contributed by atoms with Gasteiger partial charge in [0.05, 0.1) is 0 Å². The highest BCUT2D eigenvalue weighted by atomic mass is 79.9. The van der Waals surface area contributed by atoms with Gasteiger partial charge >= 0.3 is 0 Å². The normalized spacial score (nSPS) is 11.3. The summed E-state index contributed by atoms with van der Waals surface area (Å²) >= 11 is 3.47. The van der Waals surface area contributed by atoms with Crippen molar-refractivity contribution in [3.05, 3.63) is 16.5 Å². The van der Waals surface area contributed by atoms with Crippen LogP contribution in [0.2, 0.25) is 0 Å². The number of halogens is 1. The molecule has 0 saturated carbocycles. The van der Waals surface area contributed by atoms with E-state index in [0.29, 0.717) is 12.0 Å². The van der Waals surface area contributed by atoms with Gasteiger partial charge in [-0.15, -0.1) is 0 Å². The molecule has 0 amide bonds. The third-order valence-electron chi connectivity index (χ3n) is 2.60. The highest BCUT2D eigenvalue weighted by molar-refractivity contribution is 9.10. The third kappa shape index (κ3) is 3.95. The van der Waals surface area contributed by atoms with Crippen LogP contribution in [0.4, 0.5) is 5.82 Å². The molecule has 0 aromatic carbocycles. The molecular weight excluding hydrogens is 278 g/mol. The molecule has 0 aliphatic rings. The lowest BCUT2D eigenvalue weighted by Crippen LogP contribution is -2.32. The van der Waals surface area contributed by atoms with E-state index in [4.69, 9.17) is 0 Å². The van der Waals surface area contributed by atoms with Crippen LogP contribution in [0.5, 0.6) is 0 Å². The molecule has 0 atom stereocenters. The van der Waals surface area contributed by atoms with E-state index in [1.165, 1.54) is 0 Å². The summed E-state index contributed by atoms with van der Waals surface area (Å²) in [5, 5.41) is 0. The first kappa shape index (κ1) is 14.4. The Balaban J connectivity index is 3.10. The fraction of sp³-hybridized carbons (Fsp3) is 0.692. The van der Waals surface area contributed by atoms with Crippen molar-refractivity contribution < 1.29 is 0 Å². The van der Waals surface area contributed by atoms with Gasteiger partial charge in [-0.2, -0.15) is 0 Å². The van der Waals surface area contributed by atoms with Gasteiger partial charge in [-0.05, 0) is 36.2 Å². The molecule has 0 spiro atoms. The first-order valence-electron chi connectivity index (χ1n) is 6.26. The van der Waals surface area contributed by atoms with E-state index in [1.807, 2.05) is 6.07 Å². The van der Waals surface area contributed by atoms with E-state index in [0.717, 1.165) is 29.2 Å². The second-order valence-electron chi connectivity index (χ2n) is 4.85. The van der Waals surface area contributed by atoms with Crippen LogP contribution in [0, 0.1) is 0 Å². The van der Waals surface area contributed by atoms with Crippen LogP contribution in [0.3, 0.4) is 0 Å². The summed E-state index contributed by atoms with van der Waals surface area (Å²) < 4.78 is 0.868. The maximum Gasteiger partial charge on any atom is 0.134 e. The standard InChI is InChI=1S/C13H22BrN3/c1-6-7-17(10(4)5)12-8-11(14)15-13(16-12)9(2)3/h8-10H,6-7H2,1-5H3. The minimum absolute atomic E-state index is 0.349. The van der Waals surface area contributed by atoms with Crippen molar-refractivity contribution in [2.45, 2.75) is 53.0 Å². The van der Waals surface area contributed by atoms with E-state index in [-0.39, 0.29) is 0 Å². The number of hydrogen-bond acceptors (Lipinski definition) is 3. The van der Waals surface area contributed by atoms with Gasteiger partial charge in [0.15, 0.2) is 0 Å². The van der Waals surface area contributed by atoms with Crippen LogP contribution < -0.4 is 4.90 Å². The molecule has 1 rings (SSSR count). The third-order valence-corrected chi connectivity index (χ3v) is 3.00. The minimum Gasteiger partial charge on any atom is -0.354 e. The molecule has 3 nitrogen and oxygen atoms in total. The molecule has 0 aliphatic carbocycles. The minimum atomic E-state index is 0.349. The molecule has 0 bridgehead atoms. The van der Waals surface area contributed by atoms with E-state index in [9.17, 15) is 0 Å². The molecule has 0 saturated heterocycles. The molecule has 17 heavy (non-hydrogen) atoms. The number of hydrogen-bond donors (Lipinski definition) is 0. The van der Waals surface area contributed by atoms with Gasteiger partial charge in [-0.1, -0.05) is 20.8 Å². The van der Waals surface area contributed by atoms with E-state index >= 15 is 0 Å². The van der Waals surface area contributed by atoms with Crippen molar-refractivity contribution in [1.29, 1.82) is 0 Å². The van der Waals surface area contributed by atoms with Gasteiger partial charge < -0.3 is 4.90 Å². The van der Waals surface area contributed by atoms with Gasteiger partial charge in [0.2, 0.25) is 0 Å². The number of nitrogens with zero attached hydrogens (tertiary/aromatic N) is 3. The van der Waals surface area contributed by atoms with Crippen LogP contribution in [-0.4, -0.2) is 22.6 Å². The molecule has 0 aliphatic heterocycles. The monoisotopic (exact) mass is 299 g/mol. The maximum absolute atomic E-state index is 4.66. The van der Waals surface area contributed by atoms with Gasteiger partial charge in [-0.3, -0.25) is 0 Å². The smallest absolute Gasteiger partial charge is 0.134 e. The summed E-state index contributed by atoms with van der Waals surface area (Å²) in [7, 11) is 0. The highest BCUT2D eigenvalue weighted by Crippen LogP contribution is 2.22. The Hall–Kier alpha value is -0.640. The number of aromatic nitrogens is 2. The molecule has 0 unspecified atom stereocenters. The van der Waals surface area contributed by atoms with Crippen molar-refractivity contribution in [2.24, 2.45) is 0 Å². The molecule has 0 fully saturated rings. The van der Waals surface area contributed by atoms with Gasteiger partial charge in [-0.25, -0.2) is 9.97 Å². The van der Waals surface area contributed by atoms with E-state index in [1.54, 1.807) is 0 Å². The average molecular weight is 300 g/mol.